The van der Waals surface area contributed by atoms with Crippen molar-refractivity contribution in [2.24, 2.45) is 10.9 Å². The van der Waals surface area contributed by atoms with Crippen molar-refractivity contribution < 1.29 is 10.0 Å². The third kappa shape index (κ3) is 3.27. The van der Waals surface area contributed by atoms with E-state index >= 15 is 0 Å². The highest BCUT2D eigenvalue weighted by molar-refractivity contribution is 6.04. The number of hydrogen-bond donors (Lipinski definition) is 4. The van der Waals surface area contributed by atoms with Crippen LogP contribution in [0, 0.1) is 6.92 Å². The molecule has 1 heterocycles. The third-order valence-electron chi connectivity index (χ3n) is 2.90. The predicted molar refractivity (Wildman–Crippen MR) is 78.7 cm³/mol. The molecule has 1 aromatic heterocycles. The Morgan fingerprint density at radius 2 is 2.10 bits per heavy atom. The second kappa shape index (κ2) is 5.91. The molecule has 2 rings (SSSR count). The fourth-order valence-corrected chi connectivity index (χ4v) is 1.74. The van der Waals surface area contributed by atoms with Crippen LogP contribution in [0.15, 0.2) is 46.3 Å². The fourth-order valence-electron chi connectivity index (χ4n) is 1.74. The number of carbonyl (C=O) groups excluding carboxylic acids is 1. The number of pyridine rings is 1. The molecule has 1 amide bonds. The zero-order chi connectivity index (χ0) is 15.4. The van der Waals surface area contributed by atoms with Crippen LogP contribution in [0.4, 0.5) is 5.69 Å². The standard InChI is InChI=1S/C14H14N4O3/c1-8-5-6-9(13(15)18-21)7-11(8)17-14(20)10-3-2-4-12(19)16-10/h2-7,21H,1H3,(H2,15,18)(H,16,19)(H,17,20). The van der Waals surface area contributed by atoms with E-state index in [0.717, 1.165) is 5.56 Å². The Morgan fingerprint density at radius 3 is 2.76 bits per heavy atom. The Kier molecular flexibility index (Phi) is 4.03. The quantitative estimate of drug-likeness (QED) is 0.291. The number of H-pyrrole nitrogens is 1. The molecule has 0 saturated heterocycles. The molecule has 1 aromatic carbocycles. The van der Waals surface area contributed by atoms with Crippen molar-refractivity contribution in [1.82, 2.24) is 4.98 Å². The van der Waals surface area contributed by atoms with E-state index in [-0.39, 0.29) is 17.1 Å². The van der Waals surface area contributed by atoms with E-state index in [2.05, 4.69) is 15.5 Å². The summed E-state index contributed by atoms with van der Waals surface area (Å²) in [5.74, 6) is -0.508. The smallest absolute Gasteiger partial charge is 0.272 e. The van der Waals surface area contributed by atoms with Gasteiger partial charge in [-0.05, 0) is 24.6 Å². The molecule has 21 heavy (non-hydrogen) atoms. The average molecular weight is 286 g/mol. The maximum absolute atomic E-state index is 12.1. The molecule has 108 valence electrons. The molecule has 0 fully saturated rings. The number of benzene rings is 1. The van der Waals surface area contributed by atoms with Gasteiger partial charge < -0.3 is 21.2 Å². The number of aromatic nitrogens is 1. The summed E-state index contributed by atoms with van der Waals surface area (Å²) in [7, 11) is 0. The second-order valence-corrected chi connectivity index (χ2v) is 4.40. The van der Waals surface area contributed by atoms with Crippen molar-refractivity contribution in [3.8, 4) is 0 Å². The minimum atomic E-state index is -0.451. The summed E-state index contributed by atoms with van der Waals surface area (Å²) in [6.45, 7) is 1.80. The predicted octanol–water partition coefficient (Wildman–Crippen LogP) is 1.03. The number of aromatic amines is 1. The first-order valence-electron chi connectivity index (χ1n) is 6.10. The molecule has 0 aliphatic carbocycles. The number of amidine groups is 1. The van der Waals surface area contributed by atoms with Gasteiger partial charge in [0, 0.05) is 17.3 Å². The van der Waals surface area contributed by atoms with Crippen LogP contribution in [0.1, 0.15) is 21.6 Å². The lowest BCUT2D eigenvalue weighted by molar-refractivity contribution is 0.102. The molecule has 0 unspecified atom stereocenters. The number of amides is 1. The number of nitrogens with one attached hydrogen (secondary N) is 2. The molecule has 0 bridgehead atoms. The SMILES string of the molecule is Cc1ccc(/C(N)=N/O)cc1NC(=O)c1cccc(=O)[nH]1. The van der Waals surface area contributed by atoms with Crippen molar-refractivity contribution in [2.45, 2.75) is 6.92 Å². The van der Waals surface area contributed by atoms with E-state index in [9.17, 15) is 9.59 Å². The van der Waals surface area contributed by atoms with Gasteiger partial charge in [0.2, 0.25) is 5.56 Å². The van der Waals surface area contributed by atoms with Gasteiger partial charge in [0.15, 0.2) is 5.84 Å². The van der Waals surface area contributed by atoms with Crippen molar-refractivity contribution in [3.05, 3.63) is 63.6 Å². The molecule has 0 aliphatic rings. The number of carbonyl (C=O) groups is 1. The van der Waals surface area contributed by atoms with Gasteiger partial charge in [-0.1, -0.05) is 23.4 Å². The van der Waals surface area contributed by atoms with Crippen LogP contribution in [0.2, 0.25) is 0 Å². The van der Waals surface area contributed by atoms with Gasteiger partial charge in [-0.15, -0.1) is 0 Å². The topological polar surface area (TPSA) is 121 Å². The minimum absolute atomic E-state index is 0.0568. The Morgan fingerprint density at radius 1 is 1.33 bits per heavy atom. The highest BCUT2D eigenvalue weighted by Crippen LogP contribution is 2.17. The summed E-state index contributed by atoms with van der Waals surface area (Å²) in [5, 5.41) is 14.3. The second-order valence-electron chi connectivity index (χ2n) is 4.40. The number of nitrogens with two attached hydrogens (primary N) is 1. The van der Waals surface area contributed by atoms with Crippen LogP contribution < -0.4 is 16.6 Å². The highest BCUT2D eigenvalue weighted by Gasteiger charge is 2.10. The molecule has 0 atom stereocenters. The molecule has 2 aromatic rings. The molecular formula is C14H14N4O3. The van der Waals surface area contributed by atoms with Crippen LogP contribution in [0.5, 0.6) is 0 Å². The van der Waals surface area contributed by atoms with Crippen LogP contribution in [-0.2, 0) is 0 Å². The molecule has 0 radical (unpaired) electrons. The van der Waals surface area contributed by atoms with E-state index in [1.54, 1.807) is 25.1 Å². The largest absolute Gasteiger partial charge is 0.409 e. The molecular weight excluding hydrogens is 272 g/mol. The Bertz CT molecular complexity index is 765. The molecule has 0 saturated carbocycles. The molecule has 0 spiro atoms. The lowest BCUT2D eigenvalue weighted by Gasteiger charge is -2.10. The average Bonchev–Trinajstić information content (AvgIpc) is 2.48. The Balaban J connectivity index is 2.31. The number of nitrogens with zero attached hydrogens (tertiary/aromatic N) is 1. The summed E-state index contributed by atoms with van der Waals surface area (Å²) in [6.07, 6.45) is 0. The summed E-state index contributed by atoms with van der Waals surface area (Å²) in [4.78, 5) is 25.7. The van der Waals surface area contributed by atoms with Crippen molar-refractivity contribution in [3.63, 3.8) is 0 Å². The van der Waals surface area contributed by atoms with E-state index in [0.29, 0.717) is 11.3 Å². The molecule has 7 heteroatoms. The van der Waals surface area contributed by atoms with E-state index in [1.165, 1.54) is 18.2 Å². The van der Waals surface area contributed by atoms with Crippen molar-refractivity contribution in [2.75, 3.05) is 5.32 Å². The summed E-state index contributed by atoms with van der Waals surface area (Å²) >= 11 is 0. The van der Waals surface area contributed by atoms with Gasteiger partial charge in [0.1, 0.15) is 5.69 Å². The van der Waals surface area contributed by atoms with E-state index < -0.39 is 5.91 Å². The summed E-state index contributed by atoms with van der Waals surface area (Å²) < 4.78 is 0. The van der Waals surface area contributed by atoms with Gasteiger partial charge in [-0.2, -0.15) is 0 Å². The van der Waals surface area contributed by atoms with Crippen LogP contribution in [0.3, 0.4) is 0 Å². The number of hydrogen-bond acceptors (Lipinski definition) is 4. The third-order valence-corrected chi connectivity index (χ3v) is 2.90. The number of oxime groups is 1. The van der Waals surface area contributed by atoms with Gasteiger partial charge >= 0.3 is 0 Å². The first kappa shape index (κ1) is 14.3. The maximum atomic E-state index is 12.1. The van der Waals surface area contributed by atoms with Gasteiger partial charge in [0.25, 0.3) is 5.91 Å². The fraction of sp³-hybridized carbons (Fsp3) is 0.0714. The van der Waals surface area contributed by atoms with Gasteiger partial charge in [-0.25, -0.2) is 0 Å². The van der Waals surface area contributed by atoms with Crippen molar-refractivity contribution in [1.29, 1.82) is 0 Å². The van der Waals surface area contributed by atoms with Crippen LogP contribution >= 0.6 is 0 Å². The maximum Gasteiger partial charge on any atom is 0.272 e. The summed E-state index contributed by atoms with van der Waals surface area (Å²) in [5.41, 5.74) is 7.09. The number of aryl methyl sites for hydroxylation is 1. The molecule has 5 N–H and O–H groups in total. The first-order valence-corrected chi connectivity index (χ1v) is 6.10. The summed E-state index contributed by atoms with van der Waals surface area (Å²) in [6, 6.07) is 9.30. The van der Waals surface area contributed by atoms with Crippen molar-refractivity contribution >= 4 is 17.4 Å². The number of rotatable bonds is 3. The molecule has 0 aliphatic heterocycles. The zero-order valence-electron chi connectivity index (χ0n) is 11.3. The normalized spacial score (nSPS) is 11.2. The minimum Gasteiger partial charge on any atom is -0.409 e. The lowest BCUT2D eigenvalue weighted by Crippen LogP contribution is -2.19. The van der Waals surface area contributed by atoms with E-state index in [4.69, 9.17) is 10.9 Å². The number of anilines is 1. The zero-order valence-corrected chi connectivity index (χ0v) is 11.3. The van der Waals surface area contributed by atoms with Gasteiger partial charge in [0.05, 0.1) is 0 Å². The van der Waals surface area contributed by atoms with Crippen LogP contribution in [0.25, 0.3) is 0 Å². The molecule has 7 nitrogen and oxygen atoms in total. The van der Waals surface area contributed by atoms with Crippen LogP contribution in [-0.4, -0.2) is 21.9 Å². The monoisotopic (exact) mass is 286 g/mol. The lowest BCUT2D eigenvalue weighted by atomic mass is 10.1. The van der Waals surface area contributed by atoms with Gasteiger partial charge in [-0.3, -0.25) is 9.59 Å². The first-order chi connectivity index (χ1) is 10.0. The Hall–Kier alpha value is -3.09. The Labute approximate surface area is 120 Å². The van der Waals surface area contributed by atoms with E-state index in [1.807, 2.05) is 0 Å². The highest BCUT2D eigenvalue weighted by atomic mass is 16.4.